The molecule has 2 aliphatic rings. The summed E-state index contributed by atoms with van der Waals surface area (Å²) in [5.74, 6) is -4.23. The summed E-state index contributed by atoms with van der Waals surface area (Å²) in [6, 6.07) is 34.3. The summed E-state index contributed by atoms with van der Waals surface area (Å²) in [7, 11) is 1.52. The molecule has 4 aromatic carbocycles. The van der Waals surface area contributed by atoms with Crippen LogP contribution < -0.4 is 4.74 Å². The van der Waals surface area contributed by atoms with Gasteiger partial charge in [0, 0.05) is 11.8 Å². The second-order valence-corrected chi connectivity index (χ2v) is 15.7. The number of methoxy groups -OCH3 is 1. The summed E-state index contributed by atoms with van der Waals surface area (Å²) < 4.78 is 24.1. The molecule has 1 saturated carbocycles. The van der Waals surface area contributed by atoms with Crippen LogP contribution in [-0.4, -0.2) is 59.6 Å². The summed E-state index contributed by atoms with van der Waals surface area (Å²) in [4.78, 5) is 44.2. The highest BCUT2D eigenvalue weighted by molar-refractivity contribution is 5.93. The molecule has 0 bridgehead atoms. The third-order valence-electron chi connectivity index (χ3n) is 11.9. The molecule has 1 heterocycles. The minimum atomic E-state index is -2.08. The zero-order chi connectivity index (χ0) is 39.3. The predicted molar refractivity (Wildman–Crippen MR) is 208 cm³/mol. The molecule has 290 valence electrons. The average molecular weight is 748 g/mol. The smallest absolute Gasteiger partial charge is 0.329 e. The molecular formula is C46H53NO8. The molecule has 1 saturated heterocycles. The lowest BCUT2D eigenvalue weighted by atomic mass is 9.64. The van der Waals surface area contributed by atoms with Gasteiger partial charge in [-0.3, -0.25) is 9.59 Å². The lowest BCUT2D eigenvalue weighted by Gasteiger charge is -2.45. The molecule has 9 heteroatoms. The van der Waals surface area contributed by atoms with Crippen molar-refractivity contribution in [2.75, 3.05) is 13.7 Å². The zero-order valence-corrected chi connectivity index (χ0v) is 32.6. The highest BCUT2D eigenvalue weighted by Gasteiger charge is 2.68. The number of ether oxygens (including phenoxy) is 4. The quantitative estimate of drug-likeness (QED) is 0.113. The predicted octanol–water partition coefficient (Wildman–Crippen LogP) is 8.45. The highest BCUT2D eigenvalue weighted by Crippen LogP contribution is 2.52. The van der Waals surface area contributed by atoms with Crippen molar-refractivity contribution in [1.29, 1.82) is 0 Å². The van der Waals surface area contributed by atoms with Gasteiger partial charge >= 0.3 is 17.9 Å². The first-order chi connectivity index (χ1) is 26.4. The van der Waals surface area contributed by atoms with Gasteiger partial charge in [-0.1, -0.05) is 130 Å². The Morgan fingerprint density at radius 2 is 1.45 bits per heavy atom. The number of hydrogen-bond donors (Lipinski definition) is 1. The Labute approximate surface area is 324 Å². The van der Waals surface area contributed by atoms with Crippen LogP contribution in [0.3, 0.4) is 0 Å². The highest BCUT2D eigenvalue weighted by atomic mass is 16.6. The second-order valence-electron chi connectivity index (χ2n) is 15.7. The number of hydrogen-bond acceptors (Lipinski definition) is 9. The van der Waals surface area contributed by atoms with Crippen molar-refractivity contribution in [3.05, 3.63) is 138 Å². The maximum atomic E-state index is 15.1. The Hall–Kier alpha value is -4.99. The van der Waals surface area contributed by atoms with E-state index in [0.29, 0.717) is 33.9 Å². The molecule has 55 heavy (non-hydrogen) atoms. The molecule has 1 aliphatic heterocycles. The van der Waals surface area contributed by atoms with Gasteiger partial charge in [0.25, 0.3) is 0 Å². The molecule has 2 fully saturated rings. The van der Waals surface area contributed by atoms with Crippen molar-refractivity contribution < 1.29 is 38.5 Å². The molecule has 0 radical (unpaired) electrons. The van der Waals surface area contributed by atoms with Crippen molar-refractivity contribution in [3.8, 4) is 5.75 Å². The van der Waals surface area contributed by atoms with E-state index in [1.807, 2.05) is 78.9 Å². The first-order valence-corrected chi connectivity index (χ1v) is 19.3. The largest absolute Gasteiger partial charge is 0.497 e. The fraction of sp³-hybridized carbons (Fsp3) is 0.413. The topological polar surface area (TPSA) is 112 Å². The Bertz CT molecular complexity index is 1880. The van der Waals surface area contributed by atoms with E-state index < -0.39 is 53.5 Å². The molecule has 0 spiro atoms. The average Bonchev–Trinajstić information content (AvgIpc) is 3.45. The Kier molecular flexibility index (Phi) is 12.1. The first kappa shape index (κ1) is 39.7. The van der Waals surface area contributed by atoms with Gasteiger partial charge in [-0.2, -0.15) is 5.06 Å². The van der Waals surface area contributed by atoms with Crippen LogP contribution in [-0.2, 0) is 34.0 Å². The van der Waals surface area contributed by atoms with Gasteiger partial charge in [0.1, 0.15) is 17.9 Å². The van der Waals surface area contributed by atoms with Gasteiger partial charge < -0.3 is 24.2 Å². The number of esters is 3. The molecule has 6 rings (SSSR count). The summed E-state index contributed by atoms with van der Waals surface area (Å²) >= 11 is 0. The molecule has 4 aromatic rings. The lowest BCUT2D eigenvalue weighted by molar-refractivity contribution is -0.217. The Balaban J connectivity index is 1.47. The van der Waals surface area contributed by atoms with Crippen LogP contribution >= 0.6 is 0 Å². The van der Waals surface area contributed by atoms with Crippen LogP contribution in [0.5, 0.6) is 5.75 Å². The van der Waals surface area contributed by atoms with Crippen LogP contribution in [0.4, 0.5) is 0 Å². The molecule has 0 unspecified atom stereocenters. The van der Waals surface area contributed by atoms with E-state index in [1.165, 1.54) is 14.0 Å². The number of nitrogens with zero attached hydrogens (tertiary/aromatic N) is 1. The molecule has 9 nitrogen and oxygen atoms in total. The van der Waals surface area contributed by atoms with E-state index in [9.17, 15) is 10.0 Å². The van der Waals surface area contributed by atoms with Gasteiger partial charge in [-0.25, -0.2) is 4.79 Å². The number of carbonyl (C=O) groups is 3. The summed E-state index contributed by atoms with van der Waals surface area (Å²) in [5, 5.41) is 13.0. The molecule has 7 atom stereocenters. The maximum absolute atomic E-state index is 15.1. The summed E-state index contributed by atoms with van der Waals surface area (Å²) in [5.41, 5.74) is 0.596. The van der Waals surface area contributed by atoms with Gasteiger partial charge in [-0.15, -0.1) is 0 Å². The van der Waals surface area contributed by atoms with Crippen LogP contribution in [0.15, 0.2) is 115 Å². The molecule has 1 aliphatic carbocycles. The maximum Gasteiger partial charge on any atom is 0.329 e. The minimum Gasteiger partial charge on any atom is -0.497 e. The van der Waals surface area contributed by atoms with E-state index in [-0.39, 0.29) is 23.9 Å². The van der Waals surface area contributed by atoms with Crippen LogP contribution in [0.25, 0.3) is 0 Å². The van der Waals surface area contributed by atoms with E-state index in [4.69, 9.17) is 18.9 Å². The Morgan fingerprint density at radius 3 is 2.04 bits per heavy atom. The van der Waals surface area contributed by atoms with E-state index in [2.05, 4.69) is 32.9 Å². The number of benzene rings is 4. The molecule has 0 amide bonds. The van der Waals surface area contributed by atoms with Crippen molar-refractivity contribution in [1.82, 2.24) is 5.06 Å². The normalized spacial score (nSPS) is 25.6. The minimum absolute atomic E-state index is 0.0184. The summed E-state index contributed by atoms with van der Waals surface area (Å²) in [6.45, 7) is 9.63. The van der Waals surface area contributed by atoms with E-state index in [1.54, 1.807) is 31.2 Å². The standard InChI is InChI=1S/C46H53NO8/c1-7-53-43(49)40-38(33-22-17-25-35(29-33)52-6)39(42(48)55-41(31-18-11-8-12-19-31)32-20-13-9-14-21-32)46(5,47(40)51)44(50)54-37-28-30(2)26-27-36(37)45(3,4)34-23-15-10-16-24-34/h8-25,29-30,36-41,51H,7,26-28H2,1-6H3/t30-,36-,37-,38+,39-,40+,46+/m1/s1. The monoisotopic (exact) mass is 747 g/mol. The zero-order valence-electron chi connectivity index (χ0n) is 32.6. The van der Waals surface area contributed by atoms with Crippen molar-refractivity contribution in [2.45, 2.75) is 89.0 Å². The second kappa shape index (κ2) is 16.8. The number of rotatable bonds is 12. The van der Waals surface area contributed by atoms with Crippen molar-refractivity contribution in [3.63, 3.8) is 0 Å². The number of hydroxylamine groups is 2. The van der Waals surface area contributed by atoms with E-state index in [0.717, 1.165) is 18.4 Å². The van der Waals surface area contributed by atoms with Gasteiger partial charge in [-0.05, 0) is 72.4 Å². The molecular weight excluding hydrogens is 695 g/mol. The van der Waals surface area contributed by atoms with E-state index >= 15 is 9.59 Å². The van der Waals surface area contributed by atoms with Crippen LogP contribution in [0.1, 0.15) is 88.2 Å². The van der Waals surface area contributed by atoms with Crippen LogP contribution in [0.2, 0.25) is 0 Å². The SMILES string of the molecule is CCOC(=O)[C@@H]1[C@@H](c2cccc(OC)c2)[C@H](C(=O)OC(c2ccccc2)c2ccccc2)[C@@](C)(C(=O)O[C@@H]2C[C@H](C)CC[C@H]2C(C)(C)c2ccccc2)N1O. The van der Waals surface area contributed by atoms with Gasteiger partial charge in [0.2, 0.25) is 0 Å². The lowest BCUT2D eigenvalue weighted by Crippen LogP contribution is -2.57. The Morgan fingerprint density at radius 1 is 0.855 bits per heavy atom. The fourth-order valence-electron chi connectivity index (χ4n) is 8.81. The summed E-state index contributed by atoms with van der Waals surface area (Å²) in [6.07, 6.45) is 1.00. The van der Waals surface area contributed by atoms with Gasteiger partial charge in [0.15, 0.2) is 11.6 Å². The third-order valence-corrected chi connectivity index (χ3v) is 11.9. The number of carbonyl (C=O) groups excluding carboxylic acids is 3. The molecule has 1 N–H and O–H groups in total. The third kappa shape index (κ3) is 7.91. The first-order valence-electron chi connectivity index (χ1n) is 19.3. The van der Waals surface area contributed by atoms with Gasteiger partial charge in [0.05, 0.1) is 19.6 Å². The van der Waals surface area contributed by atoms with Crippen LogP contribution in [0, 0.1) is 17.8 Å². The van der Waals surface area contributed by atoms with Crippen molar-refractivity contribution >= 4 is 17.9 Å². The fourth-order valence-corrected chi connectivity index (χ4v) is 8.81. The van der Waals surface area contributed by atoms with Crippen molar-refractivity contribution in [2.24, 2.45) is 17.8 Å². The molecule has 0 aromatic heterocycles.